The molecule has 1 rings (SSSR count). The van der Waals surface area contributed by atoms with Crippen molar-refractivity contribution >= 4 is 29.2 Å². The van der Waals surface area contributed by atoms with E-state index in [1.807, 2.05) is 44.2 Å². The van der Waals surface area contributed by atoms with Gasteiger partial charge in [-0.1, -0.05) is 50.6 Å². The molecule has 0 bridgehead atoms. The zero-order valence-electron chi connectivity index (χ0n) is 17.9. The van der Waals surface area contributed by atoms with E-state index in [4.69, 9.17) is 23.1 Å². The largest absolute Gasteiger partial charge is 0.344 e. The second kappa shape index (κ2) is 14.1. The number of benzene rings is 1. The summed E-state index contributed by atoms with van der Waals surface area (Å²) in [5.41, 5.74) is 12.4. The monoisotopic (exact) mass is 438 g/mol. The number of unbranched alkanes of at least 4 members (excludes halogenated alkanes) is 1. The summed E-state index contributed by atoms with van der Waals surface area (Å²) in [5.74, 6) is -1.29. The van der Waals surface area contributed by atoms with Crippen molar-refractivity contribution in [3.8, 4) is 0 Å². The molecule has 0 saturated heterocycles. The first-order valence-corrected chi connectivity index (χ1v) is 11.1. The van der Waals surface area contributed by atoms with Gasteiger partial charge in [0.2, 0.25) is 11.8 Å². The van der Waals surface area contributed by atoms with Gasteiger partial charge >= 0.3 is 0 Å². The SMILES string of the molecule is CC[C@@H](C)[C@@H](N)C(=O)N[C@@H](Cc1ccccc1)C(=O)N[C@@H](CCCCN)C(=O)CCl. The van der Waals surface area contributed by atoms with Crippen LogP contribution in [-0.2, 0) is 20.8 Å². The number of alkyl halides is 1. The lowest BCUT2D eigenvalue weighted by Crippen LogP contribution is -2.56. The molecular weight excluding hydrogens is 404 g/mol. The topological polar surface area (TPSA) is 127 Å². The summed E-state index contributed by atoms with van der Waals surface area (Å²) in [6.45, 7) is 4.36. The average Bonchev–Trinajstić information content (AvgIpc) is 2.76. The van der Waals surface area contributed by atoms with Crippen LogP contribution < -0.4 is 22.1 Å². The van der Waals surface area contributed by atoms with Crippen LogP contribution in [0.4, 0.5) is 0 Å². The molecule has 1 aromatic rings. The summed E-state index contributed by atoms with van der Waals surface area (Å²) in [7, 11) is 0. The van der Waals surface area contributed by atoms with E-state index in [-0.39, 0.29) is 29.9 Å². The molecule has 30 heavy (non-hydrogen) atoms. The predicted octanol–water partition coefficient (Wildman–Crippen LogP) is 1.51. The van der Waals surface area contributed by atoms with E-state index < -0.39 is 24.0 Å². The third-order valence-corrected chi connectivity index (χ3v) is 5.52. The molecule has 0 aliphatic carbocycles. The first kappa shape index (κ1) is 26.1. The van der Waals surface area contributed by atoms with Gasteiger partial charge in [-0.15, -0.1) is 11.6 Å². The number of halogens is 1. The van der Waals surface area contributed by atoms with Gasteiger partial charge in [-0.3, -0.25) is 14.4 Å². The van der Waals surface area contributed by atoms with Crippen molar-refractivity contribution in [2.45, 2.75) is 64.1 Å². The van der Waals surface area contributed by atoms with Crippen LogP contribution in [-0.4, -0.2) is 48.1 Å². The Morgan fingerprint density at radius 3 is 2.23 bits per heavy atom. The number of nitrogens with two attached hydrogens (primary N) is 2. The number of carbonyl (C=O) groups excluding carboxylic acids is 3. The fourth-order valence-electron chi connectivity index (χ4n) is 3.01. The summed E-state index contributed by atoms with van der Waals surface area (Å²) in [6, 6.07) is 7.09. The summed E-state index contributed by atoms with van der Waals surface area (Å²) in [4.78, 5) is 37.8. The Balaban J connectivity index is 2.95. The van der Waals surface area contributed by atoms with E-state index in [1.54, 1.807) is 0 Å². The molecular formula is C22H35ClN4O3. The number of carbonyl (C=O) groups is 3. The Labute approximate surface area is 184 Å². The lowest BCUT2D eigenvalue weighted by molar-refractivity contribution is -0.132. The van der Waals surface area contributed by atoms with Gasteiger partial charge in [-0.05, 0) is 37.3 Å². The van der Waals surface area contributed by atoms with E-state index in [1.165, 1.54) is 0 Å². The van der Waals surface area contributed by atoms with Crippen molar-refractivity contribution in [1.29, 1.82) is 0 Å². The van der Waals surface area contributed by atoms with Gasteiger partial charge in [0.1, 0.15) is 6.04 Å². The maximum Gasteiger partial charge on any atom is 0.243 e. The van der Waals surface area contributed by atoms with Gasteiger partial charge < -0.3 is 22.1 Å². The standard InChI is InChI=1S/C22H35ClN4O3/c1-3-15(2)20(25)22(30)27-18(13-16-9-5-4-6-10-16)21(29)26-17(19(28)14-23)11-7-8-12-24/h4-6,9-10,15,17-18,20H,3,7-8,11-14,24-25H2,1-2H3,(H,26,29)(H,27,30)/t15-,17+,18+,20-/m1/s1. The normalized spacial score (nSPS) is 15.0. The number of Topliss-reactive ketones (excluding diaryl/α,β-unsaturated/α-hetero) is 1. The van der Waals surface area contributed by atoms with Crippen LogP contribution in [0, 0.1) is 5.92 Å². The minimum atomic E-state index is -0.852. The third-order valence-electron chi connectivity index (χ3n) is 5.26. The van der Waals surface area contributed by atoms with Crippen molar-refractivity contribution in [2.75, 3.05) is 12.4 Å². The summed E-state index contributed by atoms with van der Waals surface area (Å²) >= 11 is 5.72. The lowest BCUT2D eigenvalue weighted by atomic mass is 9.98. The maximum absolute atomic E-state index is 13.0. The van der Waals surface area contributed by atoms with Crippen molar-refractivity contribution < 1.29 is 14.4 Å². The number of ketones is 1. The predicted molar refractivity (Wildman–Crippen MR) is 120 cm³/mol. The molecule has 0 aliphatic rings. The summed E-state index contributed by atoms with van der Waals surface area (Å²) in [6.07, 6.45) is 2.93. The number of amides is 2. The lowest BCUT2D eigenvalue weighted by Gasteiger charge is -2.25. The van der Waals surface area contributed by atoms with Crippen LogP contribution in [0.15, 0.2) is 30.3 Å². The fourth-order valence-corrected chi connectivity index (χ4v) is 3.20. The van der Waals surface area contributed by atoms with Crippen LogP contribution in [0.3, 0.4) is 0 Å². The average molecular weight is 439 g/mol. The van der Waals surface area contributed by atoms with Crippen LogP contribution in [0.25, 0.3) is 0 Å². The highest BCUT2D eigenvalue weighted by atomic mass is 35.5. The van der Waals surface area contributed by atoms with Crippen molar-refractivity contribution in [1.82, 2.24) is 10.6 Å². The number of rotatable bonds is 14. The van der Waals surface area contributed by atoms with Gasteiger partial charge in [-0.2, -0.15) is 0 Å². The van der Waals surface area contributed by atoms with Gasteiger partial charge in [0, 0.05) is 6.42 Å². The van der Waals surface area contributed by atoms with Crippen LogP contribution in [0.1, 0.15) is 45.1 Å². The molecule has 0 unspecified atom stereocenters. The first-order chi connectivity index (χ1) is 14.3. The number of nitrogens with one attached hydrogen (secondary N) is 2. The van der Waals surface area contributed by atoms with Gasteiger partial charge in [0.15, 0.2) is 5.78 Å². The van der Waals surface area contributed by atoms with E-state index >= 15 is 0 Å². The third kappa shape index (κ3) is 8.81. The van der Waals surface area contributed by atoms with Crippen molar-refractivity contribution in [3.63, 3.8) is 0 Å². The zero-order valence-corrected chi connectivity index (χ0v) is 18.7. The zero-order chi connectivity index (χ0) is 22.5. The minimum Gasteiger partial charge on any atom is -0.344 e. The molecule has 0 spiro atoms. The molecule has 1 aromatic carbocycles. The Kier molecular flexibility index (Phi) is 12.3. The molecule has 0 saturated carbocycles. The first-order valence-electron chi connectivity index (χ1n) is 10.5. The summed E-state index contributed by atoms with van der Waals surface area (Å²) in [5, 5.41) is 5.53. The molecule has 0 aliphatic heterocycles. The quantitative estimate of drug-likeness (QED) is 0.258. The van der Waals surface area contributed by atoms with Crippen LogP contribution in [0.5, 0.6) is 0 Å². The number of hydrogen-bond acceptors (Lipinski definition) is 5. The highest BCUT2D eigenvalue weighted by Gasteiger charge is 2.29. The van der Waals surface area contributed by atoms with Crippen LogP contribution >= 0.6 is 11.6 Å². The molecule has 0 heterocycles. The highest BCUT2D eigenvalue weighted by Crippen LogP contribution is 2.09. The van der Waals surface area contributed by atoms with E-state index in [0.717, 1.165) is 18.4 Å². The van der Waals surface area contributed by atoms with Crippen molar-refractivity contribution in [2.24, 2.45) is 17.4 Å². The van der Waals surface area contributed by atoms with E-state index in [9.17, 15) is 14.4 Å². The number of hydrogen-bond donors (Lipinski definition) is 4. The molecule has 0 aromatic heterocycles. The smallest absolute Gasteiger partial charge is 0.243 e. The molecule has 4 atom stereocenters. The molecule has 6 N–H and O–H groups in total. The Hall–Kier alpha value is -1.96. The van der Waals surface area contributed by atoms with Crippen LogP contribution in [0.2, 0.25) is 0 Å². The molecule has 7 nitrogen and oxygen atoms in total. The highest BCUT2D eigenvalue weighted by molar-refractivity contribution is 6.28. The fraction of sp³-hybridized carbons (Fsp3) is 0.591. The van der Waals surface area contributed by atoms with Crippen molar-refractivity contribution in [3.05, 3.63) is 35.9 Å². The van der Waals surface area contributed by atoms with Gasteiger partial charge in [0.25, 0.3) is 0 Å². The Morgan fingerprint density at radius 1 is 1.03 bits per heavy atom. The maximum atomic E-state index is 13.0. The second-order valence-corrected chi connectivity index (χ2v) is 7.88. The molecule has 0 fully saturated rings. The van der Waals surface area contributed by atoms with E-state index in [2.05, 4.69) is 10.6 Å². The second-order valence-electron chi connectivity index (χ2n) is 7.61. The molecule has 2 amide bonds. The molecule has 8 heteroatoms. The van der Waals surface area contributed by atoms with E-state index in [0.29, 0.717) is 19.4 Å². The molecule has 168 valence electrons. The molecule has 0 radical (unpaired) electrons. The Bertz CT molecular complexity index is 672. The minimum absolute atomic E-state index is 0.0210. The summed E-state index contributed by atoms with van der Waals surface area (Å²) < 4.78 is 0. The van der Waals surface area contributed by atoms with Gasteiger partial charge in [-0.25, -0.2) is 0 Å². The van der Waals surface area contributed by atoms with Gasteiger partial charge in [0.05, 0.1) is 18.0 Å². The Morgan fingerprint density at radius 2 is 1.67 bits per heavy atom.